The van der Waals surface area contributed by atoms with E-state index >= 15 is 0 Å². The lowest BCUT2D eigenvalue weighted by atomic mass is 10.0. The molecule has 1 unspecified atom stereocenters. The van der Waals surface area contributed by atoms with Crippen LogP contribution in [0.25, 0.3) is 0 Å². The molecule has 6 nitrogen and oxygen atoms in total. The van der Waals surface area contributed by atoms with Crippen LogP contribution in [-0.4, -0.2) is 43.0 Å². The summed E-state index contributed by atoms with van der Waals surface area (Å²) in [6, 6.07) is 16.7. The minimum Gasteiger partial charge on any atom is -0.378 e. The lowest BCUT2D eigenvalue weighted by Gasteiger charge is -2.31. The van der Waals surface area contributed by atoms with Gasteiger partial charge in [0.05, 0.1) is 24.8 Å². The summed E-state index contributed by atoms with van der Waals surface area (Å²) in [5.41, 5.74) is 1.61. The number of nitrogens with one attached hydrogen (secondary N) is 1. The van der Waals surface area contributed by atoms with Gasteiger partial charge in [-0.15, -0.1) is 0 Å². The molecule has 6 heteroatoms. The van der Waals surface area contributed by atoms with Gasteiger partial charge >= 0.3 is 0 Å². The van der Waals surface area contributed by atoms with Gasteiger partial charge in [0.2, 0.25) is 5.91 Å². The maximum Gasteiger partial charge on any atom is 0.252 e. The van der Waals surface area contributed by atoms with Gasteiger partial charge in [0.1, 0.15) is 6.04 Å². The van der Waals surface area contributed by atoms with Crippen LogP contribution in [0.15, 0.2) is 54.6 Å². The Morgan fingerprint density at radius 2 is 1.69 bits per heavy atom. The molecule has 2 aromatic rings. The summed E-state index contributed by atoms with van der Waals surface area (Å²) in [5.74, 6) is -0.508. The molecule has 1 atom stereocenters. The first-order chi connectivity index (χ1) is 12.7. The van der Waals surface area contributed by atoms with Crippen LogP contribution in [0.1, 0.15) is 27.5 Å². The predicted octanol–water partition coefficient (Wildman–Crippen LogP) is 1.89. The van der Waals surface area contributed by atoms with Crippen molar-refractivity contribution < 1.29 is 14.3 Å². The largest absolute Gasteiger partial charge is 0.378 e. The van der Waals surface area contributed by atoms with Gasteiger partial charge in [0, 0.05) is 18.7 Å². The Kier molecular flexibility index (Phi) is 5.62. The van der Waals surface area contributed by atoms with E-state index in [1.807, 2.05) is 36.4 Å². The summed E-state index contributed by atoms with van der Waals surface area (Å²) < 4.78 is 5.30. The van der Waals surface area contributed by atoms with Gasteiger partial charge in [-0.2, -0.15) is 5.26 Å². The molecule has 132 valence electrons. The predicted molar refractivity (Wildman–Crippen MR) is 95.2 cm³/mol. The van der Waals surface area contributed by atoms with Gasteiger partial charge in [0.15, 0.2) is 0 Å². The molecular formula is C20H19N3O3. The van der Waals surface area contributed by atoms with Crippen LogP contribution in [-0.2, 0) is 9.53 Å². The van der Waals surface area contributed by atoms with Crippen molar-refractivity contribution in [2.45, 2.75) is 6.04 Å². The average Bonchev–Trinajstić information content (AvgIpc) is 2.72. The lowest BCUT2D eigenvalue weighted by molar-refractivity contribution is -0.137. The van der Waals surface area contributed by atoms with Crippen molar-refractivity contribution in [3.8, 4) is 6.07 Å². The number of hydrogen-bond acceptors (Lipinski definition) is 4. The molecule has 1 heterocycles. The van der Waals surface area contributed by atoms with E-state index in [4.69, 9.17) is 10.00 Å². The highest BCUT2D eigenvalue weighted by Gasteiger charge is 2.28. The third-order valence-electron chi connectivity index (χ3n) is 4.25. The van der Waals surface area contributed by atoms with Crippen LogP contribution in [0.3, 0.4) is 0 Å². The second kappa shape index (κ2) is 8.28. The van der Waals surface area contributed by atoms with Crippen LogP contribution in [0, 0.1) is 11.3 Å². The topological polar surface area (TPSA) is 82.4 Å². The fourth-order valence-corrected chi connectivity index (χ4v) is 2.81. The second-order valence-corrected chi connectivity index (χ2v) is 5.94. The van der Waals surface area contributed by atoms with Crippen LogP contribution in [0.2, 0.25) is 0 Å². The molecule has 0 spiro atoms. The Morgan fingerprint density at radius 1 is 1.04 bits per heavy atom. The summed E-state index contributed by atoms with van der Waals surface area (Å²) in [6.07, 6.45) is 0. The number of hydrogen-bond donors (Lipinski definition) is 1. The Morgan fingerprint density at radius 3 is 2.31 bits per heavy atom. The fourth-order valence-electron chi connectivity index (χ4n) is 2.81. The number of rotatable bonds is 4. The third kappa shape index (κ3) is 4.08. The maximum absolute atomic E-state index is 13.0. The van der Waals surface area contributed by atoms with Crippen molar-refractivity contribution in [2.24, 2.45) is 0 Å². The summed E-state index contributed by atoms with van der Waals surface area (Å²) in [7, 11) is 0. The monoisotopic (exact) mass is 349 g/mol. The minimum absolute atomic E-state index is 0.151. The van der Waals surface area contributed by atoms with E-state index in [-0.39, 0.29) is 11.8 Å². The molecule has 1 aliphatic rings. The third-order valence-corrected chi connectivity index (χ3v) is 4.25. The SMILES string of the molecule is N#Cc1ccc(C(=O)NC(C(=O)N2CCOCC2)c2ccccc2)cc1. The number of nitrogens with zero attached hydrogens (tertiary/aromatic N) is 2. The zero-order valence-electron chi connectivity index (χ0n) is 14.2. The number of ether oxygens (including phenoxy) is 1. The fraction of sp³-hybridized carbons (Fsp3) is 0.250. The maximum atomic E-state index is 13.0. The lowest BCUT2D eigenvalue weighted by Crippen LogP contribution is -2.47. The molecule has 2 amide bonds. The quantitative estimate of drug-likeness (QED) is 0.914. The van der Waals surface area contributed by atoms with Gasteiger partial charge in [-0.1, -0.05) is 30.3 Å². The molecule has 0 bridgehead atoms. The first-order valence-corrected chi connectivity index (χ1v) is 8.41. The average molecular weight is 349 g/mol. The Bertz CT molecular complexity index is 806. The highest BCUT2D eigenvalue weighted by atomic mass is 16.5. The molecule has 3 rings (SSSR count). The first kappa shape index (κ1) is 17.6. The Balaban J connectivity index is 1.82. The molecule has 1 N–H and O–H groups in total. The van der Waals surface area contributed by atoms with Crippen molar-refractivity contribution in [1.29, 1.82) is 5.26 Å². The molecule has 1 saturated heterocycles. The van der Waals surface area contributed by atoms with E-state index < -0.39 is 6.04 Å². The highest BCUT2D eigenvalue weighted by Crippen LogP contribution is 2.18. The van der Waals surface area contributed by atoms with Crippen molar-refractivity contribution in [3.63, 3.8) is 0 Å². The smallest absolute Gasteiger partial charge is 0.252 e. The van der Waals surface area contributed by atoms with Crippen molar-refractivity contribution in [2.75, 3.05) is 26.3 Å². The molecule has 0 aliphatic carbocycles. The Hall–Kier alpha value is -3.17. The number of carbonyl (C=O) groups excluding carboxylic acids is 2. The minimum atomic E-state index is -0.766. The van der Waals surface area contributed by atoms with Crippen LogP contribution >= 0.6 is 0 Å². The van der Waals surface area contributed by atoms with E-state index in [0.717, 1.165) is 5.56 Å². The number of benzene rings is 2. The zero-order valence-corrected chi connectivity index (χ0v) is 14.2. The van der Waals surface area contributed by atoms with Crippen molar-refractivity contribution in [3.05, 3.63) is 71.3 Å². The number of nitriles is 1. The van der Waals surface area contributed by atoms with Crippen molar-refractivity contribution >= 4 is 11.8 Å². The standard InChI is InChI=1S/C20H19N3O3/c21-14-15-6-8-17(9-7-15)19(24)22-18(16-4-2-1-3-5-16)20(25)23-10-12-26-13-11-23/h1-9,18H,10-13H2,(H,22,24). The molecule has 0 radical (unpaired) electrons. The van der Waals surface area contributed by atoms with Gasteiger partial charge in [-0.05, 0) is 29.8 Å². The van der Waals surface area contributed by atoms with Crippen LogP contribution in [0.5, 0.6) is 0 Å². The van der Waals surface area contributed by atoms with E-state index in [9.17, 15) is 9.59 Å². The summed E-state index contributed by atoms with van der Waals surface area (Å²) in [6.45, 7) is 2.01. The van der Waals surface area contributed by atoms with E-state index in [2.05, 4.69) is 5.32 Å². The summed E-state index contributed by atoms with van der Waals surface area (Å²) in [5, 5.41) is 11.7. The highest BCUT2D eigenvalue weighted by molar-refractivity contribution is 5.98. The molecule has 2 aromatic carbocycles. The number of amides is 2. The number of morpholine rings is 1. The first-order valence-electron chi connectivity index (χ1n) is 8.41. The van der Waals surface area contributed by atoms with Crippen LogP contribution < -0.4 is 5.32 Å². The molecule has 0 aromatic heterocycles. The van der Waals surface area contributed by atoms with E-state index in [1.165, 1.54) is 0 Å². The van der Waals surface area contributed by atoms with Gasteiger partial charge in [0.25, 0.3) is 5.91 Å². The molecule has 1 fully saturated rings. The second-order valence-electron chi connectivity index (χ2n) is 5.94. The normalized spacial score (nSPS) is 15.0. The summed E-state index contributed by atoms with van der Waals surface area (Å²) >= 11 is 0. The zero-order chi connectivity index (χ0) is 18.4. The Labute approximate surface area is 152 Å². The molecule has 0 saturated carbocycles. The van der Waals surface area contributed by atoms with Gasteiger partial charge < -0.3 is 15.0 Å². The summed E-state index contributed by atoms with van der Waals surface area (Å²) in [4.78, 5) is 27.3. The van der Waals surface area contributed by atoms with E-state index in [1.54, 1.807) is 29.2 Å². The van der Waals surface area contributed by atoms with Crippen LogP contribution in [0.4, 0.5) is 0 Å². The number of carbonyl (C=O) groups is 2. The van der Waals surface area contributed by atoms with Gasteiger partial charge in [-0.25, -0.2) is 0 Å². The van der Waals surface area contributed by atoms with E-state index in [0.29, 0.717) is 37.4 Å². The molecule has 1 aliphatic heterocycles. The van der Waals surface area contributed by atoms with Crippen molar-refractivity contribution in [1.82, 2.24) is 10.2 Å². The molecular weight excluding hydrogens is 330 g/mol. The van der Waals surface area contributed by atoms with Gasteiger partial charge in [-0.3, -0.25) is 9.59 Å². The molecule has 26 heavy (non-hydrogen) atoms.